The quantitative estimate of drug-likeness (QED) is 0.737. The molecule has 0 aromatic heterocycles. The van der Waals surface area contributed by atoms with Gasteiger partial charge in [0.25, 0.3) is 0 Å². The van der Waals surface area contributed by atoms with Crippen LogP contribution in [0.1, 0.15) is 27.2 Å². The van der Waals surface area contributed by atoms with E-state index >= 15 is 0 Å². The van der Waals surface area contributed by atoms with Crippen molar-refractivity contribution in [3.8, 4) is 0 Å². The van der Waals surface area contributed by atoms with Gasteiger partial charge in [0.15, 0.2) is 0 Å². The van der Waals surface area contributed by atoms with Crippen LogP contribution in [-0.2, 0) is 4.79 Å². The minimum Gasteiger partial charge on any atom is -0.480 e. The van der Waals surface area contributed by atoms with Gasteiger partial charge in [-0.1, -0.05) is 13.8 Å². The summed E-state index contributed by atoms with van der Waals surface area (Å²) in [6, 6.07) is 0.201. The summed E-state index contributed by atoms with van der Waals surface area (Å²) in [7, 11) is 0. The topological polar surface area (TPSA) is 43.8 Å². The predicted octanol–water partition coefficient (Wildman–Crippen LogP) is 0.876. The van der Waals surface area contributed by atoms with Gasteiger partial charge >= 0.3 is 5.97 Å². The molecule has 0 radical (unpaired) electrons. The van der Waals surface area contributed by atoms with Gasteiger partial charge in [-0.15, -0.1) is 0 Å². The molecule has 1 aliphatic heterocycles. The third-order valence-corrected chi connectivity index (χ3v) is 3.43. The van der Waals surface area contributed by atoms with E-state index in [1.54, 1.807) is 6.92 Å². The van der Waals surface area contributed by atoms with Gasteiger partial charge in [-0.3, -0.25) is 14.6 Å². The van der Waals surface area contributed by atoms with E-state index in [4.69, 9.17) is 5.11 Å². The van der Waals surface area contributed by atoms with Gasteiger partial charge in [0, 0.05) is 19.1 Å². The van der Waals surface area contributed by atoms with E-state index in [0.717, 1.165) is 32.6 Å². The zero-order chi connectivity index (χ0) is 11.4. The molecule has 1 fully saturated rings. The molecule has 0 saturated carbocycles. The lowest BCUT2D eigenvalue weighted by Gasteiger charge is -2.27. The van der Waals surface area contributed by atoms with E-state index < -0.39 is 5.97 Å². The lowest BCUT2D eigenvalue weighted by molar-refractivity contribution is -0.142. The fourth-order valence-electron chi connectivity index (χ4n) is 2.31. The minimum absolute atomic E-state index is 0.342. The summed E-state index contributed by atoms with van der Waals surface area (Å²) in [6.07, 6.45) is 1.10. The van der Waals surface area contributed by atoms with Gasteiger partial charge in [0.05, 0.1) is 0 Å². The van der Waals surface area contributed by atoms with Crippen LogP contribution >= 0.6 is 0 Å². The summed E-state index contributed by atoms with van der Waals surface area (Å²) >= 11 is 0. The molecule has 1 aliphatic rings. The molecule has 2 atom stereocenters. The van der Waals surface area contributed by atoms with Crippen LogP contribution in [-0.4, -0.2) is 59.1 Å². The standard InChI is InChI=1S/C11H22N2O2/c1-4-12(5-2)10-6-7-13(8-10)9(3)11(14)15/h9-10H,4-8H2,1-3H3,(H,14,15). The molecular weight excluding hydrogens is 192 g/mol. The van der Waals surface area contributed by atoms with Crippen LogP contribution in [0.5, 0.6) is 0 Å². The van der Waals surface area contributed by atoms with E-state index in [1.165, 1.54) is 0 Å². The molecule has 2 unspecified atom stereocenters. The van der Waals surface area contributed by atoms with Gasteiger partial charge in [0.2, 0.25) is 0 Å². The van der Waals surface area contributed by atoms with Crippen LogP contribution in [0.3, 0.4) is 0 Å². The Kier molecular flexibility index (Phi) is 4.54. The number of likely N-dealkylation sites (tertiary alicyclic amines) is 1. The molecule has 1 heterocycles. The summed E-state index contributed by atoms with van der Waals surface area (Å²) in [5.74, 6) is -0.713. The second-order valence-electron chi connectivity index (χ2n) is 4.17. The van der Waals surface area contributed by atoms with Crippen LogP contribution in [0.2, 0.25) is 0 Å². The van der Waals surface area contributed by atoms with E-state index in [9.17, 15) is 4.79 Å². The van der Waals surface area contributed by atoms with E-state index in [-0.39, 0.29) is 6.04 Å². The minimum atomic E-state index is -0.713. The second-order valence-corrected chi connectivity index (χ2v) is 4.17. The number of carbonyl (C=O) groups is 1. The Hall–Kier alpha value is -0.610. The first-order valence-corrected chi connectivity index (χ1v) is 5.81. The Morgan fingerprint density at radius 2 is 2.13 bits per heavy atom. The molecule has 0 aromatic carbocycles. The van der Waals surface area contributed by atoms with E-state index in [2.05, 4.69) is 23.6 Å². The third kappa shape index (κ3) is 2.92. The monoisotopic (exact) mass is 214 g/mol. The van der Waals surface area contributed by atoms with Crippen molar-refractivity contribution < 1.29 is 9.90 Å². The van der Waals surface area contributed by atoms with E-state index in [1.807, 2.05) is 0 Å². The molecule has 0 bridgehead atoms. The lowest BCUT2D eigenvalue weighted by Crippen LogP contribution is -2.41. The molecule has 4 heteroatoms. The maximum absolute atomic E-state index is 10.8. The van der Waals surface area contributed by atoms with Crippen LogP contribution in [0.4, 0.5) is 0 Å². The highest BCUT2D eigenvalue weighted by Crippen LogP contribution is 2.17. The first-order chi connectivity index (χ1) is 7.10. The largest absolute Gasteiger partial charge is 0.480 e. The molecule has 1 N–H and O–H groups in total. The molecule has 15 heavy (non-hydrogen) atoms. The predicted molar refractivity (Wildman–Crippen MR) is 60.0 cm³/mol. The molecule has 0 aliphatic carbocycles. The molecule has 0 amide bonds. The first-order valence-electron chi connectivity index (χ1n) is 5.81. The normalized spacial score (nSPS) is 24.7. The molecule has 1 saturated heterocycles. The summed E-state index contributed by atoms with van der Waals surface area (Å²) in [5, 5.41) is 8.93. The zero-order valence-corrected chi connectivity index (χ0v) is 9.94. The average Bonchev–Trinajstić information content (AvgIpc) is 2.67. The highest BCUT2D eigenvalue weighted by molar-refractivity contribution is 5.72. The molecule has 1 rings (SSSR count). The molecule has 0 aromatic rings. The second kappa shape index (κ2) is 5.47. The summed E-state index contributed by atoms with van der Waals surface area (Å²) < 4.78 is 0. The number of likely N-dealkylation sites (N-methyl/N-ethyl adjacent to an activating group) is 1. The lowest BCUT2D eigenvalue weighted by atomic mass is 10.2. The number of carboxylic acids is 1. The number of hydrogen-bond donors (Lipinski definition) is 1. The Morgan fingerprint density at radius 3 is 2.60 bits per heavy atom. The average molecular weight is 214 g/mol. The Balaban J connectivity index is 2.48. The van der Waals surface area contributed by atoms with Crippen LogP contribution < -0.4 is 0 Å². The fraction of sp³-hybridized carbons (Fsp3) is 0.909. The first kappa shape index (κ1) is 12.5. The molecular formula is C11H22N2O2. The van der Waals surface area contributed by atoms with Crippen molar-refractivity contribution >= 4 is 5.97 Å². The van der Waals surface area contributed by atoms with Crippen molar-refractivity contribution in [2.45, 2.75) is 39.3 Å². The van der Waals surface area contributed by atoms with Gasteiger partial charge < -0.3 is 5.11 Å². The van der Waals surface area contributed by atoms with Crippen molar-refractivity contribution in [1.29, 1.82) is 0 Å². The molecule has 0 spiro atoms. The smallest absolute Gasteiger partial charge is 0.320 e. The fourth-order valence-corrected chi connectivity index (χ4v) is 2.31. The van der Waals surface area contributed by atoms with Crippen molar-refractivity contribution in [3.63, 3.8) is 0 Å². The number of hydrogen-bond acceptors (Lipinski definition) is 3. The van der Waals surface area contributed by atoms with Gasteiger partial charge in [-0.05, 0) is 26.4 Å². The van der Waals surface area contributed by atoms with E-state index in [0.29, 0.717) is 6.04 Å². The summed E-state index contributed by atoms with van der Waals surface area (Å²) in [6.45, 7) is 10.0. The number of aliphatic carboxylic acids is 1. The summed E-state index contributed by atoms with van der Waals surface area (Å²) in [4.78, 5) is 15.3. The van der Waals surface area contributed by atoms with Crippen molar-refractivity contribution in [2.75, 3.05) is 26.2 Å². The Morgan fingerprint density at radius 1 is 1.53 bits per heavy atom. The number of rotatable bonds is 5. The maximum atomic E-state index is 10.8. The van der Waals surface area contributed by atoms with Crippen molar-refractivity contribution in [2.24, 2.45) is 0 Å². The van der Waals surface area contributed by atoms with Crippen LogP contribution in [0.15, 0.2) is 0 Å². The van der Waals surface area contributed by atoms with Crippen molar-refractivity contribution in [3.05, 3.63) is 0 Å². The van der Waals surface area contributed by atoms with Crippen LogP contribution in [0, 0.1) is 0 Å². The highest BCUT2D eigenvalue weighted by Gasteiger charge is 2.31. The Bertz CT molecular complexity index is 217. The molecule has 88 valence electrons. The van der Waals surface area contributed by atoms with Crippen LogP contribution in [0.25, 0.3) is 0 Å². The van der Waals surface area contributed by atoms with Gasteiger partial charge in [-0.25, -0.2) is 0 Å². The summed E-state index contributed by atoms with van der Waals surface area (Å²) in [5.41, 5.74) is 0. The van der Waals surface area contributed by atoms with Gasteiger partial charge in [-0.2, -0.15) is 0 Å². The number of nitrogens with zero attached hydrogens (tertiary/aromatic N) is 2. The van der Waals surface area contributed by atoms with Gasteiger partial charge in [0.1, 0.15) is 6.04 Å². The highest BCUT2D eigenvalue weighted by atomic mass is 16.4. The zero-order valence-electron chi connectivity index (χ0n) is 9.94. The Labute approximate surface area is 91.9 Å². The SMILES string of the molecule is CCN(CC)C1CCN(C(C)C(=O)O)C1. The maximum Gasteiger partial charge on any atom is 0.320 e. The number of carboxylic acid groups (broad SMARTS) is 1. The molecule has 4 nitrogen and oxygen atoms in total. The van der Waals surface area contributed by atoms with Crippen molar-refractivity contribution in [1.82, 2.24) is 9.80 Å². The third-order valence-electron chi connectivity index (χ3n) is 3.43.